The monoisotopic (exact) mass is 262 g/mol. The van der Waals surface area contributed by atoms with Crippen molar-refractivity contribution < 1.29 is 4.74 Å². The number of hydrogen-bond donors (Lipinski definition) is 1. The molecule has 3 nitrogen and oxygen atoms in total. The van der Waals surface area contributed by atoms with Crippen LogP contribution >= 0.6 is 0 Å². The number of benzene rings is 1. The largest absolute Gasteiger partial charge is 0.496 e. The molecule has 1 aliphatic rings. The van der Waals surface area contributed by atoms with Crippen LogP contribution in [0.3, 0.4) is 0 Å². The van der Waals surface area contributed by atoms with Gasteiger partial charge in [0.2, 0.25) is 0 Å². The Morgan fingerprint density at radius 2 is 2.00 bits per heavy atom. The molecule has 1 saturated heterocycles. The molecule has 1 aromatic rings. The minimum Gasteiger partial charge on any atom is -0.496 e. The summed E-state index contributed by atoms with van der Waals surface area (Å²) in [6.45, 7) is 5.65. The Morgan fingerprint density at radius 1 is 1.32 bits per heavy atom. The molecule has 1 aliphatic heterocycles. The highest BCUT2D eigenvalue weighted by Gasteiger charge is 2.21. The lowest BCUT2D eigenvalue weighted by Gasteiger charge is -2.33. The number of nitrogens with one attached hydrogen (secondary N) is 1. The summed E-state index contributed by atoms with van der Waals surface area (Å²) in [5.41, 5.74) is 1.24. The van der Waals surface area contributed by atoms with Gasteiger partial charge < -0.3 is 15.0 Å². The Labute approximate surface area is 116 Å². The highest BCUT2D eigenvalue weighted by atomic mass is 16.5. The van der Waals surface area contributed by atoms with E-state index >= 15 is 0 Å². The predicted molar refractivity (Wildman–Crippen MR) is 79.5 cm³/mol. The maximum absolute atomic E-state index is 5.39. The van der Waals surface area contributed by atoms with Gasteiger partial charge in [0.1, 0.15) is 5.75 Å². The first kappa shape index (κ1) is 14.4. The molecule has 0 radical (unpaired) electrons. The number of ether oxygens (including phenoxy) is 1. The maximum Gasteiger partial charge on any atom is 0.123 e. The summed E-state index contributed by atoms with van der Waals surface area (Å²) in [7, 11) is 3.95. The molecule has 0 amide bonds. The van der Waals surface area contributed by atoms with E-state index in [1.54, 1.807) is 7.11 Å². The lowest BCUT2D eigenvalue weighted by Crippen LogP contribution is -2.40. The van der Waals surface area contributed by atoms with Crippen LogP contribution in [0.5, 0.6) is 5.75 Å². The van der Waals surface area contributed by atoms with E-state index in [2.05, 4.69) is 36.3 Å². The summed E-state index contributed by atoms with van der Waals surface area (Å²) in [6.07, 6.45) is 2.60. The molecule has 0 bridgehead atoms. The number of likely N-dealkylation sites (tertiary alicyclic amines) is 1. The SMILES string of the molecule is COc1ccccc1CNC(C)C1CCN(C)CC1. The Bertz CT molecular complexity index is 386. The van der Waals surface area contributed by atoms with E-state index in [1.165, 1.54) is 31.5 Å². The second kappa shape index (κ2) is 6.92. The number of hydrogen-bond acceptors (Lipinski definition) is 3. The Hall–Kier alpha value is -1.06. The van der Waals surface area contributed by atoms with E-state index in [0.717, 1.165) is 18.2 Å². The van der Waals surface area contributed by atoms with E-state index in [0.29, 0.717) is 6.04 Å². The third-order valence-electron chi connectivity index (χ3n) is 4.28. The fourth-order valence-corrected chi connectivity index (χ4v) is 2.82. The summed E-state index contributed by atoms with van der Waals surface area (Å²) in [5.74, 6) is 1.77. The van der Waals surface area contributed by atoms with Gasteiger partial charge in [-0.15, -0.1) is 0 Å². The number of nitrogens with zero attached hydrogens (tertiary/aromatic N) is 1. The number of methoxy groups -OCH3 is 1. The van der Waals surface area contributed by atoms with Crippen molar-refractivity contribution in [1.29, 1.82) is 0 Å². The van der Waals surface area contributed by atoms with Gasteiger partial charge in [-0.2, -0.15) is 0 Å². The summed E-state index contributed by atoms with van der Waals surface area (Å²) in [4.78, 5) is 2.42. The van der Waals surface area contributed by atoms with Crippen molar-refractivity contribution in [2.24, 2.45) is 5.92 Å². The zero-order valence-electron chi connectivity index (χ0n) is 12.4. The summed E-state index contributed by atoms with van der Waals surface area (Å²) in [6, 6.07) is 8.81. The van der Waals surface area contributed by atoms with Crippen LogP contribution in [0, 0.1) is 5.92 Å². The zero-order chi connectivity index (χ0) is 13.7. The molecule has 0 spiro atoms. The van der Waals surface area contributed by atoms with Gasteiger partial charge in [0, 0.05) is 18.2 Å². The predicted octanol–water partition coefficient (Wildman–Crippen LogP) is 2.52. The van der Waals surface area contributed by atoms with Crippen molar-refractivity contribution in [3.05, 3.63) is 29.8 Å². The highest BCUT2D eigenvalue weighted by molar-refractivity contribution is 5.33. The van der Waals surface area contributed by atoms with Crippen LogP contribution in [0.2, 0.25) is 0 Å². The molecule has 1 aromatic carbocycles. The molecule has 1 atom stereocenters. The fraction of sp³-hybridized carbons (Fsp3) is 0.625. The van der Waals surface area contributed by atoms with E-state index < -0.39 is 0 Å². The van der Waals surface area contributed by atoms with Gasteiger partial charge in [0.05, 0.1) is 7.11 Å². The highest BCUT2D eigenvalue weighted by Crippen LogP contribution is 2.21. The molecule has 2 rings (SSSR count). The summed E-state index contributed by atoms with van der Waals surface area (Å²) in [5, 5.41) is 3.66. The van der Waals surface area contributed by atoms with Crippen LogP contribution in [0.4, 0.5) is 0 Å². The van der Waals surface area contributed by atoms with Crippen molar-refractivity contribution in [2.75, 3.05) is 27.2 Å². The van der Waals surface area contributed by atoms with E-state index in [-0.39, 0.29) is 0 Å². The lowest BCUT2D eigenvalue weighted by molar-refractivity contribution is 0.189. The van der Waals surface area contributed by atoms with Gasteiger partial charge in [0.15, 0.2) is 0 Å². The molecule has 19 heavy (non-hydrogen) atoms. The first-order valence-electron chi connectivity index (χ1n) is 7.24. The van der Waals surface area contributed by atoms with Crippen molar-refractivity contribution in [3.8, 4) is 5.75 Å². The van der Waals surface area contributed by atoms with E-state index in [4.69, 9.17) is 4.74 Å². The lowest BCUT2D eigenvalue weighted by atomic mass is 9.90. The first-order valence-corrected chi connectivity index (χ1v) is 7.24. The molecule has 1 unspecified atom stereocenters. The third kappa shape index (κ3) is 3.95. The molecule has 0 aromatic heterocycles. The van der Waals surface area contributed by atoms with Gasteiger partial charge in [-0.3, -0.25) is 0 Å². The topological polar surface area (TPSA) is 24.5 Å². The zero-order valence-corrected chi connectivity index (χ0v) is 12.4. The van der Waals surface area contributed by atoms with Gasteiger partial charge in [0.25, 0.3) is 0 Å². The van der Waals surface area contributed by atoms with Gasteiger partial charge in [-0.25, -0.2) is 0 Å². The summed E-state index contributed by atoms with van der Waals surface area (Å²) < 4.78 is 5.39. The minimum atomic E-state index is 0.568. The van der Waals surface area contributed by atoms with Crippen LogP contribution < -0.4 is 10.1 Å². The molecule has 1 N–H and O–H groups in total. The van der Waals surface area contributed by atoms with Crippen molar-refractivity contribution in [3.63, 3.8) is 0 Å². The second-order valence-electron chi connectivity index (χ2n) is 5.62. The molecule has 106 valence electrons. The molecular weight excluding hydrogens is 236 g/mol. The van der Waals surface area contributed by atoms with Crippen LogP contribution in [-0.4, -0.2) is 38.2 Å². The van der Waals surface area contributed by atoms with Crippen LogP contribution in [0.15, 0.2) is 24.3 Å². The third-order valence-corrected chi connectivity index (χ3v) is 4.28. The van der Waals surface area contributed by atoms with Gasteiger partial charge in [-0.05, 0) is 51.9 Å². The molecule has 1 fully saturated rings. The van der Waals surface area contributed by atoms with Crippen molar-refractivity contribution in [2.45, 2.75) is 32.4 Å². The Kier molecular flexibility index (Phi) is 5.23. The van der Waals surface area contributed by atoms with Crippen LogP contribution in [0.1, 0.15) is 25.3 Å². The average Bonchev–Trinajstić information content (AvgIpc) is 2.45. The fourth-order valence-electron chi connectivity index (χ4n) is 2.82. The molecular formula is C16H26N2O. The van der Waals surface area contributed by atoms with E-state index in [1.807, 2.05) is 12.1 Å². The minimum absolute atomic E-state index is 0.568. The maximum atomic E-state index is 5.39. The number of para-hydroxylation sites is 1. The number of rotatable bonds is 5. The first-order chi connectivity index (χ1) is 9.20. The van der Waals surface area contributed by atoms with E-state index in [9.17, 15) is 0 Å². The quantitative estimate of drug-likeness (QED) is 0.882. The number of piperidine rings is 1. The van der Waals surface area contributed by atoms with Crippen molar-refractivity contribution >= 4 is 0 Å². The Balaban J connectivity index is 1.84. The molecule has 0 aliphatic carbocycles. The van der Waals surface area contributed by atoms with Gasteiger partial charge in [-0.1, -0.05) is 18.2 Å². The second-order valence-corrected chi connectivity index (χ2v) is 5.62. The smallest absolute Gasteiger partial charge is 0.123 e. The Morgan fingerprint density at radius 3 is 2.68 bits per heavy atom. The molecule has 1 heterocycles. The normalized spacial score (nSPS) is 19.3. The summed E-state index contributed by atoms with van der Waals surface area (Å²) >= 11 is 0. The average molecular weight is 262 g/mol. The standard InChI is InChI=1S/C16H26N2O/c1-13(14-8-10-18(2)11-9-14)17-12-15-6-4-5-7-16(15)19-3/h4-7,13-14,17H,8-12H2,1-3H3. The molecule has 0 saturated carbocycles. The van der Waals surface area contributed by atoms with Crippen LogP contribution in [-0.2, 0) is 6.54 Å². The van der Waals surface area contributed by atoms with Crippen LogP contribution in [0.25, 0.3) is 0 Å². The molecule has 3 heteroatoms. The van der Waals surface area contributed by atoms with Crippen molar-refractivity contribution in [1.82, 2.24) is 10.2 Å². The van der Waals surface area contributed by atoms with Gasteiger partial charge >= 0.3 is 0 Å².